The number of cyclic esters (lactones) is 1. The van der Waals surface area contributed by atoms with Crippen molar-refractivity contribution in [1.29, 1.82) is 0 Å². The number of nitrogens with zero attached hydrogens (tertiary/aromatic N) is 1. The Hall–Kier alpha value is -1.80. The molecule has 1 saturated heterocycles. The maximum Gasteiger partial charge on any atom is 0.355 e. The van der Waals surface area contributed by atoms with Crippen molar-refractivity contribution in [3.8, 4) is 0 Å². The van der Waals surface area contributed by atoms with E-state index in [2.05, 4.69) is 5.32 Å². The summed E-state index contributed by atoms with van der Waals surface area (Å²) in [5.74, 6) is -0.198. The summed E-state index contributed by atoms with van der Waals surface area (Å²) in [7, 11) is 0. The Morgan fingerprint density at radius 3 is 3.04 bits per heavy atom. The SMILES string of the molecule is CC1OC(=O)C2=C1CS[C@H]1C(NC(=O)Cc3cccs3)C(=O)N21. The molecule has 4 rings (SSSR count). The lowest BCUT2D eigenvalue weighted by molar-refractivity contribution is -0.151. The van der Waals surface area contributed by atoms with E-state index in [4.69, 9.17) is 4.74 Å². The van der Waals surface area contributed by atoms with E-state index in [0.717, 1.165) is 10.5 Å². The number of ether oxygens (including phenoxy) is 1. The van der Waals surface area contributed by atoms with Crippen molar-refractivity contribution in [1.82, 2.24) is 10.2 Å². The van der Waals surface area contributed by atoms with Gasteiger partial charge in [0.05, 0.1) is 6.42 Å². The summed E-state index contributed by atoms with van der Waals surface area (Å²) in [5.41, 5.74) is 1.25. The molecule has 0 saturated carbocycles. The summed E-state index contributed by atoms with van der Waals surface area (Å²) in [6.07, 6.45) is -0.00232. The van der Waals surface area contributed by atoms with E-state index in [-0.39, 0.29) is 29.7 Å². The van der Waals surface area contributed by atoms with Crippen LogP contribution in [0.2, 0.25) is 0 Å². The molecule has 3 atom stereocenters. The van der Waals surface area contributed by atoms with Crippen molar-refractivity contribution in [2.24, 2.45) is 0 Å². The lowest BCUT2D eigenvalue weighted by atomic mass is 10.0. The number of thioether (sulfide) groups is 1. The van der Waals surface area contributed by atoms with E-state index < -0.39 is 12.0 Å². The van der Waals surface area contributed by atoms with Crippen LogP contribution in [0, 0.1) is 0 Å². The Bertz CT molecular complexity index is 728. The Labute approximate surface area is 140 Å². The van der Waals surface area contributed by atoms with Crippen LogP contribution in [-0.4, -0.2) is 46.0 Å². The standard InChI is InChI=1S/C15H14N2O4S2/c1-7-9-6-23-14-11(13(19)17(14)12(9)15(20)21-7)16-10(18)5-8-3-2-4-22-8/h2-4,7,11,14H,5-6H2,1H3,(H,16,18)/t7?,11?,14-/m0/s1. The van der Waals surface area contributed by atoms with Crippen molar-refractivity contribution < 1.29 is 19.1 Å². The van der Waals surface area contributed by atoms with E-state index in [0.29, 0.717) is 11.4 Å². The van der Waals surface area contributed by atoms with Crippen LogP contribution >= 0.6 is 23.1 Å². The number of esters is 1. The van der Waals surface area contributed by atoms with Gasteiger partial charge in [-0.3, -0.25) is 14.5 Å². The summed E-state index contributed by atoms with van der Waals surface area (Å²) in [6.45, 7) is 1.81. The van der Waals surface area contributed by atoms with Gasteiger partial charge in [0, 0.05) is 16.2 Å². The molecule has 0 radical (unpaired) electrons. The van der Waals surface area contributed by atoms with Gasteiger partial charge in [-0.1, -0.05) is 6.07 Å². The van der Waals surface area contributed by atoms with Gasteiger partial charge in [-0.15, -0.1) is 23.1 Å². The molecule has 1 aromatic heterocycles. The van der Waals surface area contributed by atoms with Crippen LogP contribution in [0.5, 0.6) is 0 Å². The Morgan fingerprint density at radius 2 is 2.30 bits per heavy atom. The van der Waals surface area contributed by atoms with Crippen LogP contribution in [0.15, 0.2) is 28.8 Å². The molecule has 1 N–H and O–H groups in total. The van der Waals surface area contributed by atoms with Crippen molar-refractivity contribution >= 4 is 40.9 Å². The molecule has 1 aromatic rings. The van der Waals surface area contributed by atoms with Crippen LogP contribution < -0.4 is 5.32 Å². The molecule has 4 heterocycles. The van der Waals surface area contributed by atoms with E-state index >= 15 is 0 Å². The third-order valence-electron chi connectivity index (χ3n) is 4.20. The molecule has 120 valence electrons. The number of fused-ring (bicyclic) bond motifs is 2. The molecular weight excluding hydrogens is 336 g/mol. The fourth-order valence-corrected chi connectivity index (χ4v) is 5.19. The fraction of sp³-hybridized carbons (Fsp3) is 0.400. The lowest BCUT2D eigenvalue weighted by Gasteiger charge is -2.48. The molecule has 6 nitrogen and oxygen atoms in total. The highest BCUT2D eigenvalue weighted by molar-refractivity contribution is 8.00. The van der Waals surface area contributed by atoms with Crippen molar-refractivity contribution in [3.63, 3.8) is 0 Å². The minimum absolute atomic E-state index is 0.173. The number of carbonyl (C=O) groups excluding carboxylic acids is 3. The van der Waals surface area contributed by atoms with Gasteiger partial charge in [0.2, 0.25) is 5.91 Å². The first-order valence-corrected chi connectivity index (χ1v) is 9.19. The smallest absolute Gasteiger partial charge is 0.355 e. The van der Waals surface area contributed by atoms with Crippen molar-refractivity contribution in [2.75, 3.05) is 5.75 Å². The highest BCUT2D eigenvalue weighted by atomic mass is 32.2. The number of β-lactam (4-membered cyclic amide) rings is 1. The third kappa shape index (κ3) is 2.28. The first-order chi connectivity index (χ1) is 11.1. The molecular formula is C15H14N2O4S2. The molecule has 2 unspecified atom stereocenters. The highest BCUT2D eigenvalue weighted by Crippen LogP contribution is 2.44. The number of hydrogen-bond donors (Lipinski definition) is 1. The lowest BCUT2D eigenvalue weighted by Crippen LogP contribution is -2.70. The first-order valence-electron chi connectivity index (χ1n) is 7.26. The number of rotatable bonds is 3. The molecule has 0 bridgehead atoms. The van der Waals surface area contributed by atoms with Gasteiger partial charge in [-0.2, -0.15) is 0 Å². The number of amides is 2. The van der Waals surface area contributed by atoms with E-state index in [1.807, 2.05) is 24.4 Å². The van der Waals surface area contributed by atoms with Crippen LogP contribution in [0.4, 0.5) is 0 Å². The maximum atomic E-state index is 12.4. The predicted molar refractivity (Wildman–Crippen MR) is 85.6 cm³/mol. The summed E-state index contributed by atoms with van der Waals surface area (Å²) >= 11 is 3.07. The number of thiophene rings is 1. The van der Waals surface area contributed by atoms with Gasteiger partial charge >= 0.3 is 5.97 Å². The van der Waals surface area contributed by atoms with Crippen molar-refractivity contribution in [2.45, 2.75) is 30.9 Å². The second-order valence-electron chi connectivity index (χ2n) is 5.63. The van der Waals surface area contributed by atoms with Crippen LogP contribution in [0.25, 0.3) is 0 Å². The molecule has 23 heavy (non-hydrogen) atoms. The quantitative estimate of drug-likeness (QED) is 0.647. The summed E-state index contributed by atoms with van der Waals surface area (Å²) in [6, 6.07) is 3.22. The average molecular weight is 350 g/mol. The Kier molecular flexibility index (Phi) is 3.46. The topological polar surface area (TPSA) is 75.7 Å². The zero-order valence-corrected chi connectivity index (χ0v) is 13.9. The normalized spacial score (nSPS) is 28.9. The Balaban J connectivity index is 1.46. The predicted octanol–water partition coefficient (Wildman–Crippen LogP) is 0.890. The number of nitrogens with one attached hydrogen (secondary N) is 1. The van der Waals surface area contributed by atoms with Crippen molar-refractivity contribution in [3.05, 3.63) is 33.7 Å². The van der Waals surface area contributed by atoms with Gasteiger partial charge in [-0.25, -0.2) is 4.79 Å². The molecule has 0 aliphatic carbocycles. The molecule has 2 amide bonds. The number of carbonyl (C=O) groups is 3. The first kappa shape index (κ1) is 14.8. The molecule has 1 fully saturated rings. The third-order valence-corrected chi connectivity index (χ3v) is 6.38. The second kappa shape index (κ2) is 5.38. The summed E-state index contributed by atoms with van der Waals surface area (Å²) < 4.78 is 5.19. The van der Waals surface area contributed by atoms with Gasteiger partial charge < -0.3 is 10.1 Å². The maximum absolute atomic E-state index is 12.4. The minimum atomic E-state index is -0.565. The van der Waals surface area contributed by atoms with Gasteiger partial charge in [0.25, 0.3) is 5.91 Å². The highest BCUT2D eigenvalue weighted by Gasteiger charge is 2.56. The zero-order valence-electron chi connectivity index (χ0n) is 12.3. The monoisotopic (exact) mass is 350 g/mol. The van der Waals surface area contributed by atoms with Gasteiger partial charge in [0.15, 0.2) is 0 Å². The second-order valence-corrected chi connectivity index (χ2v) is 7.77. The summed E-state index contributed by atoms with van der Waals surface area (Å²) in [5, 5.41) is 4.49. The van der Waals surface area contributed by atoms with E-state index in [1.165, 1.54) is 16.2 Å². The Morgan fingerprint density at radius 1 is 1.48 bits per heavy atom. The zero-order chi connectivity index (χ0) is 16.1. The molecule has 3 aliphatic rings. The number of hydrogen-bond acceptors (Lipinski definition) is 6. The largest absolute Gasteiger partial charge is 0.453 e. The van der Waals surface area contributed by atoms with E-state index in [1.54, 1.807) is 11.8 Å². The summed E-state index contributed by atoms with van der Waals surface area (Å²) in [4.78, 5) is 38.8. The molecule has 0 aromatic carbocycles. The van der Waals surface area contributed by atoms with Gasteiger partial charge in [-0.05, 0) is 18.4 Å². The van der Waals surface area contributed by atoms with Gasteiger partial charge in [0.1, 0.15) is 23.2 Å². The minimum Gasteiger partial charge on any atom is -0.453 e. The fourth-order valence-electron chi connectivity index (χ4n) is 3.03. The van der Waals surface area contributed by atoms with Crippen LogP contribution in [0.3, 0.4) is 0 Å². The molecule has 3 aliphatic heterocycles. The molecule has 8 heteroatoms. The average Bonchev–Trinajstić information content (AvgIpc) is 3.12. The van der Waals surface area contributed by atoms with Crippen LogP contribution in [0.1, 0.15) is 11.8 Å². The molecule has 0 spiro atoms. The van der Waals surface area contributed by atoms with E-state index in [9.17, 15) is 14.4 Å². The van der Waals surface area contributed by atoms with Crippen LogP contribution in [-0.2, 0) is 25.5 Å².